The Labute approximate surface area is 274 Å². The van der Waals surface area contributed by atoms with Crippen molar-refractivity contribution in [3.63, 3.8) is 0 Å². The zero-order chi connectivity index (χ0) is 33.1. The van der Waals surface area contributed by atoms with E-state index < -0.39 is 11.4 Å². The van der Waals surface area contributed by atoms with Gasteiger partial charge in [-0.25, -0.2) is 19.0 Å². The van der Waals surface area contributed by atoms with E-state index in [1.165, 1.54) is 12.4 Å². The summed E-state index contributed by atoms with van der Waals surface area (Å²) in [6.07, 6.45) is 4.59. The van der Waals surface area contributed by atoms with Crippen LogP contribution in [0.2, 0.25) is 0 Å². The molecule has 2 aliphatic rings. The standard InChI is InChI=1S/C35H40FN9O2/c1-4-42-15-17-44(18-16-42)35(2,3)20-24(21-37)34(46)43-14-8-9-25(22-43)45-33-30(32(38)39-23-40-33)31(41-45)28-13-12-27(19-29(28)36)47-26-10-6-5-7-11-26/h5-7,10-13,19-20,23,25H,4,8-9,14-18,22H2,1-3H3,(H2,38,39,40)/b24-20+/t25-/m1/s1. The first kappa shape index (κ1) is 32.1. The van der Waals surface area contributed by atoms with Gasteiger partial charge in [0.05, 0.1) is 11.4 Å². The third kappa shape index (κ3) is 6.68. The quantitative estimate of drug-likeness (QED) is 0.209. The third-order valence-corrected chi connectivity index (χ3v) is 9.21. The van der Waals surface area contributed by atoms with Crippen LogP contribution in [0, 0.1) is 17.1 Å². The number of nitrogens with zero attached hydrogens (tertiary/aromatic N) is 8. The molecule has 11 nitrogen and oxygen atoms in total. The molecule has 2 fully saturated rings. The van der Waals surface area contributed by atoms with Crippen molar-refractivity contribution in [3.05, 3.63) is 72.3 Å². The molecule has 244 valence electrons. The largest absolute Gasteiger partial charge is 0.457 e. The lowest BCUT2D eigenvalue weighted by Crippen LogP contribution is -2.54. The van der Waals surface area contributed by atoms with Crippen molar-refractivity contribution in [2.75, 3.05) is 51.5 Å². The van der Waals surface area contributed by atoms with Gasteiger partial charge in [0.15, 0.2) is 5.65 Å². The fourth-order valence-corrected chi connectivity index (χ4v) is 6.55. The van der Waals surface area contributed by atoms with E-state index in [0.717, 1.165) is 39.1 Å². The summed E-state index contributed by atoms with van der Waals surface area (Å²) in [7, 11) is 0. The number of anilines is 1. The number of amides is 1. The average molecular weight is 638 g/mol. The van der Waals surface area contributed by atoms with Crippen molar-refractivity contribution < 1.29 is 13.9 Å². The fraction of sp³-hybridized carbons (Fsp3) is 0.400. The molecular formula is C35H40FN9O2. The van der Waals surface area contributed by atoms with Crippen LogP contribution in [0.15, 0.2) is 66.5 Å². The van der Waals surface area contributed by atoms with E-state index >= 15 is 4.39 Å². The van der Waals surface area contributed by atoms with Crippen LogP contribution in [-0.2, 0) is 4.79 Å². The first-order valence-electron chi connectivity index (χ1n) is 16.1. The summed E-state index contributed by atoms with van der Waals surface area (Å²) in [5.74, 6) is 0.288. The zero-order valence-electron chi connectivity index (χ0n) is 27.1. The van der Waals surface area contributed by atoms with Gasteiger partial charge in [-0.05, 0) is 63.6 Å². The number of hydrogen-bond donors (Lipinski definition) is 1. The molecule has 4 heterocycles. The number of aromatic nitrogens is 4. The number of halogens is 1. The van der Waals surface area contributed by atoms with Crippen LogP contribution >= 0.6 is 0 Å². The van der Waals surface area contributed by atoms with Gasteiger partial charge in [0.1, 0.15) is 46.8 Å². The number of piperazine rings is 1. The Bertz CT molecular complexity index is 1820. The van der Waals surface area contributed by atoms with Crippen molar-refractivity contribution in [1.82, 2.24) is 34.4 Å². The van der Waals surface area contributed by atoms with Crippen molar-refractivity contribution in [1.29, 1.82) is 5.26 Å². The minimum atomic E-state index is -0.531. The summed E-state index contributed by atoms with van der Waals surface area (Å²) in [6.45, 7) is 11.8. The molecule has 1 amide bonds. The Morgan fingerprint density at radius 2 is 1.87 bits per heavy atom. The number of rotatable bonds is 8. The normalized spacial score (nSPS) is 18.3. The van der Waals surface area contributed by atoms with E-state index in [0.29, 0.717) is 47.7 Å². The number of piperidine rings is 1. The molecule has 0 unspecified atom stereocenters. The number of para-hydroxylation sites is 1. The van der Waals surface area contributed by atoms with E-state index in [9.17, 15) is 10.1 Å². The van der Waals surface area contributed by atoms with Gasteiger partial charge in [-0.1, -0.05) is 25.1 Å². The molecule has 12 heteroatoms. The van der Waals surface area contributed by atoms with Gasteiger partial charge < -0.3 is 20.3 Å². The van der Waals surface area contributed by atoms with Gasteiger partial charge in [0.25, 0.3) is 5.91 Å². The lowest BCUT2D eigenvalue weighted by atomic mass is 9.96. The number of hydrogen-bond acceptors (Lipinski definition) is 9. The SMILES string of the molecule is CCN1CCN(C(C)(C)/C=C(\C#N)C(=O)N2CCC[C@@H](n3nc(-c4ccc(Oc5ccccc5)cc4F)c4c(N)ncnc43)C2)CC1. The predicted octanol–water partition coefficient (Wildman–Crippen LogP) is 5.04. The van der Waals surface area contributed by atoms with Gasteiger partial charge in [-0.3, -0.25) is 9.69 Å². The van der Waals surface area contributed by atoms with Crippen molar-refractivity contribution >= 4 is 22.8 Å². The van der Waals surface area contributed by atoms with Gasteiger partial charge >= 0.3 is 0 Å². The number of ether oxygens (including phenoxy) is 1. The Balaban J connectivity index is 1.26. The van der Waals surface area contributed by atoms with E-state index in [-0.39, 0.29) is 28.9 Å². The van der Waals surface area contributed by atoms with Gasteiger partial charge in [0.2, 0.25) is 0 Å². The molecule has 2 N–H and O–H groups in total. The molecule has 0 saturated carbocycles. The highest BCUT2D eigenvalue weighted by Crippen LogP contribution is 2.36. The van der Waals surface area contributed by atoms with Crippen molar-refractivity contribution in [3.8, 4) is 28.8 Å². The van der Waals surface area contributed by atoms with Gasteiger partial charge in [-0.15, -0.1) is 0 Å². The molecule has 4 aromatic rings. The van der Waals surface area contributed by atoms with Crippen molar-refractivity contribution in [2.24, 2.45) is 0 Å². The molecule has 0 radical (unpaired) electrons. The summed E-state index contributed by atoms with van der Waals surface area (Å²) >= 11 is 0. The maximum Gasteiger partial charge on any atom is 0.264 e. The molecule has 1 atom stereocenters. The van der Waals surface area contributed by atoms with Gasteiger partial charge in [0, 0.05) is 56.4 Å². The lowest BCUT2D eigenvalue weighted by Gasteiger charge is -2.42. The summed E-state index contributed by atoms with van der Waals surface area (Å²) in [5, 5.41) is 15.4. The molecular weight excluding hydrogens is 597 g/mol. The monoisotopic (exact) mass is 637 g/mol. The molecule has 0 aliphatic carbocycles. The molecule has 2 saturated heterocycles. The summed E-state index contributed by atoms with van der Waals surface area (Å²) in [6, 6.07) is 15.7. The highest BCUT2D eigenvalue weighted by atomic mass is 19.1. The van der Waals surface area contributed by atoms with Crippen LogP contribution in [0.25, 0.3) is 22.3 Å². The van der Waals surface area contributed by atoms with Crippen LogP contribution in [0.3, 0.4) is 0 Å². The lowest BCUT2D eigenvalue weighted by molar-refractivity contribution is -0.128. The number of likely N-dealkylation sites (N-methyl/N-ethyl adjacent to an activating group) is 1. The highest BCUT2D eigenvalue weighted by molar-refractivity contribution is 5.99. The molecule has 2 aliphatic heterocycles. The molecule has 2 aromatic carbocycles. The van der Waals surface area contributed by atoms with Gasteiger partial charge in [-0.2, -0.15) is 10.4 Å². The van der Waals surface area contributed by atoms with Crippen molar-refractivity contribution in [2.45, 2.75) is 45.2 Å². The van der Waals surface area contributed by atoms with Crippen LogP contribution in [0.5, 0.6) is 11.5 Å². The first-order valence-corrected chi connectivity index (χ1v) is 16.1. The highest BCUT2D eigenvalue weighted by Gasteiger charge is 2.33. The molecule has 0 spiro atoms. The van der Waals surface area contributed by atoms with Crippen LogP contribution < -0.4 is 10.5 Å². The van der Waals surface area contributed by atoms with Crippen LogP contribution in [0.4, 0.5) is 10.2 Å². The molecule has 0 bridgehead atoms. The summed E-state index contributed by atoms with van der Waals surface area (Å²) < 4.78 is 23.2. The fourth-order valence-electron chi connectivity index (χ4n) is 6.55. The van der Waals surface area contributed by atoms with E-state index in [4.69, 9.17) is 15.6 Å². The Morgan fingerprint density at radius 3 is 2.57 bits per heavy atom. The number of nitrogens with two attached hydrogens (primary N) is 1. The number of nitriles is 1. The minimum absolute atomic E-state index is 0.131. The molecule has 2 aromatic heterocycles. The Kier molecular flexibility index (Phi) is 9.20. The Morgan fingerprint density at radius 1 is 1.11 bits per heavy atom. The second-order valence-corrected chi connectivity index (χ2v) is 12.6. The third-order valence-electron chi connectivity index (χ3n) is 9.21. The second kappa shape index (κ2) is 13.5. The zero-order valence-corrected chi connectivity index (χ0v) is 27.1. The maximum atomic E-state index is 15.6. The second-order valence-electron chi connectivity index (χ2n) is 12.6. The number of benzene rings is 2. The smallest absolute Gasteiger partial charge is 0.264 e. The number of nitrogen functional groups attached to an aromatic ring is 1. The van der Waals surface area contributed by atoms with E-state index in [2.05, 4.69) is 46.6 Å². The first-order chi connectivity index (χ1) is 22.7. The molecule has 6 rings (SSSR count). The van der Waals surface area contributed by atoms with Crippen LogP contribution in [-0.4, -0.2) is 91.7 Å². The maximum absolute atomic E-state index is 15.6. The van der Waals surface area contributed by atoms with E-state index in [1.54, 1.807) is 33.8 Å². The number of fused-ring (bicyclic) bond motifs is 1. The Hall–Kier alpha value is -4.86. The predicted molar refractivity (Wildman–Crippen MR) is 178 cm³/mol. The summed E-state index contributed by atoms with van der Waals surface area (Å²) in [4.78, 5) is 28.9. The van der Waals surface area contributed by atoms with Crippen LogP contribution in [0.1, 0.15) is 39.7 Å². The number of carbonyl (C=O) groups is 1. The number of carbonyl (C=O) groups excluding carboxylic acids is 1. The topological polar surface area (TPSA) is 129 Å². The van der Waals surface area contributed by atoms with E-state index in [1.807, 2.05) is 24.3 Å². The minimum Gasteiger partial charge on any atom is -0.457 e. The summed E-state index contributed by atoms with van der Waals surface area (Å²) in [5.41, 5.74) is 7.00. The number of likely N-dealkylation sites (tertiary alicyclic amines) is 1. The molecule has 47 heavy (non-hydrogen) atoms. The average Bonchev–Trinajstić information content (AvgIpc) is 3.48.